The first-order valence-electron chi connectivity index (χ1n) is 10.9. The van der Waals surface area contributed by atoms with Gasteiger partial charge in [-0.2, -0.15) is 0 Å². The van der Waals surface area contributed by atoms with Gasteiger partial charge < -0.3 is 23.9 Å². The van der Waals surface area contributed by atoms with Crippen molar-refractivity contribution in [3.8, 4) is 28.4 Å². The van der Waals surface area contributed by atoms with E-state index in [-0.39, 0.29) is 5.91 Å². The molecule has 1 N–H and O–H groups in total. The molecular weight excluding hydrogens is 462 g/mol. The van der Waals surface area contributed by atoms with E-state index in [9.17, 15) is 4.79 Å². The van der Waals surface area contributed by atoms with Gasteiger partial charge in [0.15, 0.2) is 11.5 Å². The maximum Gasteiger partial charge on any atom is 0.248 e. The summed E-state index contributed by atoms with van der Waals surface area (Å²) in [5.74, 6) is 1.70. The smallest absolute Gasteiger partial charge is 0.248 e. The third-order valence-electron chi connectivity index (χ3n) is 5.73. The second-order valence-electron chi connectivity index (χ2n) is 7.78. The number of para-hydroxylation sites is 1. The largest absolute Gasteiger partial charge is 0.496 e. The summed E-state index contributed by atoms with van der Waals surface area (Å²) >= 11 is 1.58. The van der Waals surface area contributed by atoms with E-state index >= 15 is 0 Å². The van der Waals surface area contributed by atoms with Crippen LogP contribution in [-0.4, -0.2) is 33.5 Å². The van der Waals surface area contributed by atoms with Gasteiger partial charge in [-0.15, -0.1) is 11.8 Å². The van der Waals surface area contributed by atoms with Crippen LogP contribution < -0.4 is 19.5 Å². The fourth-order valence-electron chi connectivity index (χ4n) is 3.95. The number of hydrogen-bond acceptors (Lipinski definition) is 6. The number of amides is 1. The van der Waals surface area contributed by atoms with Crippen molar-refractivity contribution in [2.45, 2.75) is 11.8 Å². The molecule has 0 atom stereocenters. The second-order valence-corrected chi connectivity index (χ2v) is 8.63. The lowest BCUT2D eigenvalue weighted by atomic mass is 9.99. The minimum Gasteiger partial charge on any atom is -0.496 e. The van der Waals surface area contributed by atoms with E-state index in [0.29, 0.717) is 22.8 Å². The molecule has 0 saturated heterocycles. The topological polar surface area (TPSA) is 69.9 Å². The van der Waals surface area contributed by atoms with Crippen molar-refractivity contribution in [3.63, 3.8) is 0 Å². The molecule has 0 radical (unpaired) electrons. The summed E-state index contributed by atoms with van der Waals surface area (Å²) < 4.78 is 22.3. The number of furan rings is 1. The van der Waals surface area contributed by atoms with Crippen LogP contribution in [0.4, 0.5) is 5.69 Å². The van der Waals surface area contributed by atoms with Gasteiger partial charge in [-0.1, -0.05) is 18.2 Å². The fourth-order valence-corrected chi connectivity index (χ4v) is 4.50. The second kappa shape index (κ2) is 10.6. The summed E-state index contributed by atoms with van der Waals surface area (Å²) in [4.78, 5) is 13.8. The molecule has 0 bridgehead atoms. The first-order valence-corrected chi connectivity index (χ1v) is 12.2. The lowest BCUT2D eigenvalue weighted by Crippen LogP contribution is -2.09. The molecule has 4 aromatic rings. The predicted molar refractivity (Wildman–Crippen MR) is 142 cm³/mol. The van der Waals surface area contributed by atoms with E-state index in [1.165, 1.54) is 0 Å². The van der Waals surface area contributed by atoms with E-state index < -0.39 is 0 Å². The van der Waals surface area contributed by atoms with Crippen molar-refractivity contribution in [2.75, 3.05) is 32.9 Å². The summed E-state index contributed by atoms with van der Waals surface area (Å²) in [5, 5.41) is 3.87. The zero-order valence-electron chi connectivity index (χ0n) is 20.3. The van der Waals surface area contributed by atoms with Crippen LogP contribution in [-0.2, 0) is 4.79 Å². The molecule has 4 rings (SSSR count). The van der Waals surface area contributed by atoms with Gasteiger partial charge in [0.25, 0.3) is 0 Å². The van der Waals surface area contributed by atoms with E-state index in [1.807, 2.05) is 67.8 Å². The minimum absolute atomic E-state index is 0.210. The number of carbonyl (C=O) groups excluding carboxylic acids is 1. The number of carbonyl (C=O) groups is 1. The first kappa shape index (κ1) is 24.3. The summed E-state index contributed by atoms with van der Waals surface area (Å²) in [6.07, 6.45) is 5.27. The Morgan fingerprint density at radius 1 is 0.943 bits per heavy atom. The van der Waals surface area contributed by atoms with Crippen LogP contribution in [0.3, 0.4) is 0 Å². The molecule has 6 nitrogen and oxygen atoms in total. The molecule has 180 valence electrons. The standard InChI is InChI=1S/C28H27NO5S/c1-17(12-28(30)29-22-8-6-7-9-27(22)35-5)19-14-20-21(16-34-25(20)15-24(19)32-3)18-10-11-23(31-2)26(13-18)33-4/h6-16H,1-5H3,(H,29,30)/b17-12+. The van der Waals surface area contributed by atoms with Crippen molar-refractivity contribution in [2.24, 2.45) is 0 Å². The van der Waals surface area contributed by atoms with E-state index in [4.69, 9.17) is 18.6 Å². The minimum atomic E-state index is -0.210. The maximum atomic E-state index is 12.8. The molecule has 0 fully saturated rings. The molecule has 1 amide bonds. The van der Waals surface area contributed by atoms with Gasteiger partial charge in [0.1, 0.15) is 11.3 Å². The Bertz CT molecular complexity index is 1410. The van der Waals surface area contributed by atoms with Gasteiger partial charge in [0.05, 0.1) is 33.3 Å². The van der Waals surface area contributed by atoms with Crippen molar-refractivity contribution < 1.29 is 23.4 Å². The summed E-state index contributed by atoms with van der Waals surface area (Å²) in [7, 11) is 4.81. The highest BCUT2D eigenvalue weighted by atomic mass is 32.2. The summed E-state index contributed by atoms with van der Waals surface area (Å²) in [6.45, 7) is 1.89. The van der Waals surface area contributed by atoms with Crippen molar-refractivity contribution in [1.29, 1.82) is 0 Å². The fraction of sp³-hybridized carbons (Fsp3) is 0.179. The number of anilines is 1. The number of hydrogen-bond donors (Lipinski definition) is 1. The third-order valence-corrected chi connectivity index (χ3v) is 6.52. The van der Waals surface area contributed by atoms with Crippen LogP contribution in [0.2, 0.25) is 0 Å². The van der Waals surface area contributed by atoms with E-state index in [2.05, 4.69) is 5.32 Å². The van der Waals surface area contributed by atoms with Gasteiger partial charge in [0, 0.05) is 33.6 Å². The van der Waals surface area contributed by atoms with E-state index in [0.717, 1.165) is 38.2 Å². The number of benzene rings is 3. The third kappa shape index (κ3) is 5.00. The predicted octanol–water partition coefficient (Wildman–Crippen LogP) is 6.89. The first-order chi connectivity index (χ1) is 17.0. The molecule has 0 unspecified atom stereocenters. The number of allylic oxidation sites excluding steroid dienone is 1. The zero-order valence-corrected chi connectivity index (χ0v) is 21.1. The van der Waals surface area contributed by atoms with Gasteiger partial charge in [-0.25, -0.2) is 0 Å². The lowest BCUT2D eigenvalue weighted by Gasteiger charge is -2.12. The molecule has 1 aromatic heterocycles. The molecule has 0 aliphatic rings. The number of thioether (sulfide) groups is 1. The monoisotopic (exact) mass is 489 g/mol. The Hall–Kier alpha value is -3.84. The maximum absolute atomic E-state index is 12.8. The Labute approximate surface area is 208 Å². The molecule has 0 aliphatic heterocycles. The Balaban J connectivity index is 1.72. The Morgan fingerprint density at radius 2 is 1.69 bits per heavy atom. The highest BCUT2D eigenvalue weighted by molar-refractivity contribution is 7.98. The Kier molecular flexibility index (Phi) is 7.36. The average molecular weight is 490 g/mol. The van der Waals surface area contributed by atoms with Crippen LogP contribution in [0.15, 0.2) is 76.2 Å². The van der Waals surface area contributed by atoms with Gasteiger partial charge >= 0.3 is 0 Å². The summed E-state index contributed by atoms with van der Waals surface area (Å²) in [6, 6.07) is 17.3. The van der Waals surface area contributed by atoms with Crippen molar-refractivity contribution in [3.05, 3.63) is 72.5 Å². The van der Waals surface area contributed by atoms with Crippen molar-refractivity contribution in [1.82, 2.24) is 0 Å². The normalized spacial score (nSPS) is 11.4. The molecule has 0 spiro atoms. The number of fused-ring (bicyclic) bond motifs is 1. The van der Waals surface area contributed by atoms with Crippen LogP contribution in [0.5, 0.6) is 17.2 Å². The molecule has 3 aromatic carbocycles. The van der Waals surface area contributed by atoms with Gasteiger partial charge in [-0.05, 0) is 54.6 Å². The van der Waals surface area contributed by atoms with E-state index in [1.54, 1.807) is 45.4 Å². The molecule has 35 heavy (non-hydrogen) atoms. The molecule has 1 heterocycles. The number of ether oxygens (including phenoxy) is 3. The number of methoxy groups -OCH3 is 3. The highest BCUT2D eigenvalue weighted by Crippen LogP contribution is 2.40. The lowest BCUT2D eigenvalue weighted by molar-refractivity contribution is -0.111. The Morgan fingerprint density at radius 3 is 2.40 bits per heavy atom. The van der Waals surface area contributed by atoms with Gasteiger partial charge in [0.2, 0.25) is 5.91 Å². The molecule has 0 saturated carbocycles. The molecular formula is C28H27NO5S. The van der Waals surface area contributed by atoms with Crippen LogP contribution in [0.25, 0.3) is 27.7 Å². The van der Waals surface area contributed by atoms with Crippen LogP contribution >= 0.6 is 11.8 Å². The highest BCUT2D eigenvalue weighted by Gasteiger charge is 2.16. The number of rotatable bonds is 8. The molecule has 7 heteroatoms. The quantitative estimate of drug-likeness (QED) is 0.215. The van der Waals surface area contributed by atoms with Gasteiger partial charge in [-0.3, -0.25) is 4.79 Å². The molecule has 0 aliphatic carbocycles. The van der Waals surface area contributed by atoms with Crippen LogP contribution in [0, 0.1) is 0 Å². The summed E-state index contributed by atoms with van der Waals surface area (Å²) in [5.41, 5.74) is 4.85. The van der Waals surface area contributed by atoms with Crippen LogP contribution in [0.1, 0.15) is 12.5 Å². The van der Waals surface area contributed by atoms with Crippen molar-refractivity contribution >= 4 is 39.9 Å². The number of nitrogens with one attached hydrogen (secondary N) is 1. The average Bonchev–Trinajstić information content (AvgIpc) is 3.30. The zero-order chi connectivity index (χ0) is 24.9. The SMILES string of the molecule is COc1ccc(-c2coc3cc(OC)c(/C(C)=C/C(=O)Nc4ccccc4SC)cc23)cc1OC.